The molecule has 3 aromatic carbocycles. The van der Waals surface area contributed by atoms with Gasteiger partial charge in [-0.3, -0.25) is 10.2 Å². The molecule has 0 radical (unpaired) electrons. The molecular formula is C36H35N7O2. The van der Waals surface area contributed by atoms with Crippen LogP contribution in [0.25, 0.3) is 44.1 Å². The fraction of sp³-hybridized carbons (Fsp3) is 0.306. The topological polar surface area (TPSA) is 95.2 Å². The van der Waals surface area contributed by atoms with Crippen molar-refractivity contribution in [2.45, 2.75) is 26.2 Å². The lowest BCUT2D eigenvalue weighted by molar-refractivity contribution is -0.188. The summed E-state index contributed by atoms with van der Waals surface area (Å²) in [4.78, 5) is 9.95. The summed E-state index contributed by atoms with van der Waals surface area (Å²) in [6.07, 6.45) is 9.15. The van der Waals surface area contributed by atoms with E-state index in [1.165, 1.54) is 38.0 Å². The Bertz CT molecular complexity index is 2050. The molecule has 226 valence electrons. The number of ether oxygens (including phenoxy) is 2. The van der Waals surface area contributed by atoms with E-state index in [0.717, 1.165) is 93.2 Å². The third-order valence-electron chi connectivity index (χ3n) is 9.72. The van der Waals surface area contributed by atoms with Gasteiger partial charge in [-0.1, -0.05) is 18.6 Å². The van der Waals surface area contributed by atoms with Gasteiger partial charge in [-0.05, 0) is 91.0 Å². The Labute approximate surface area is 261 Å². The van der Waals surface area contributed by atoms with Crippen molar-refractivity contribution in [3.8, 4) is 33.8 Å². The van der Waals surface area contributed by atoms with Gasteiger partial charge in [-0.2, -0.15) is 10.2 Å². The Morgan fingerprint density at radius 3 is 2.24 bits per heavy atom. The van der Waals surface area contributed by atoms with Crippen LogP contribution in [0.5, 0.6) is 11.5 Å². The first-order chi connectivity index (χ1) is 22.1. The number of likely N-dealkylation sites (tertiary alicyclic amines) is 1. The molecule has 3 aliphatic heterocycles. The second kappa shape index (κ2) is 10.4. The smallest absolute Gasteiger partial charge is 0.176 e. The molecule has 1 spiro atoms. The second-order valence-electron chi connectivity index (χ2n) is 13.0. The predicted molar refractivity (Wildman–Crippen MR) is 176 cm³/mol. The van der Waals surface area contributed by atoms with Crippen LogP contribution in [0.2, 0.25) is 0 Å². The number of unbranched alkanes of at least 4 members (excludes halogenated alkanes) is 2. The number of aryl methyl sites for hydroxylation is 1. The zero-order valence-corrected chi connectivity index (χ0v) is 25.3. The van der Waals surface area contributed by atoms with E-state index in [1.807, 2.05) is 18.6 Å². The highest BCUT2D eigenvalue weighted by atomic mass is 16.5. The molecule has 0 bridgehead atoms. The zero-order valence-electron chi connectivity index (χ0n) is 25.3. The molecule has 6 heterocycles. The van der Waals surface area contributed by atoms with E-state index in [4.69, 9.17) is 14.5 Å². The van der Waals surface area contributed by atoms with Crippen LogP contribution in [0.4, 0.5) is 11.5 Å². The number of nitrogens with one attached hydrogen (secondary N) is 2. The maximum atomic E-state index is 6.69. The normalized spacial score (nSPS) is 16.8. The molecule has 6 aromatic rings. The Kier molecular flexibility index (Phi) is 6.18. The molecule has 2 fully saturated rings. The van der Waals surface area contributed by atoms with Gasteiger partial charge in [0.05, 0.1) is 42.3 Å². The monoisotopic (exact) mass is 597 g/mol. The standard InChI is InChI=1S/C36H35N7O2/c1-23-11-32-33(15-29(23)25-6-8-31-28(13-25)18-39-41-31)45-34-14-26(24-5-7-30-27(12-24)17-38-40-30)16-37-35(34)43(32)10-4-2-3-9-42-19-36(20-42)21-44-22-36/h5-8,11-18H,2-4,9-10,19-22H2,1H3,(H,38,40)(H,39,41). The number of nitrogens with zero attached hydrogens (tertiary/aromatic N) is 5. The summed E-state index contributed by atoms with van der Waals surface area (Å²) in [5.41, 5.74) is 9.20. The van der Waals surface area contributed by atoms with Crippen LogP contribution >= 0.6 is 0 Å². The lowest BCUT2D eigenvalue weighted by Crippen LogP contribution is -2.65. The molecule has 0 aliphatic carbocycles. The van der Waals surface area contributed by atoms with Crippen LogP contribution in [-0.4, -0.2) is 69.7 Å². The number of hydrogen-bond acceptors (Lipinski definition) is 7. The lowest BCUT2D eigenvalue weighted by Gasteiger charge is -2.55. The van der Waals surface area contributed by atoms with Gasteiger partial charge < -0.3 is 19.3 Å². The third kappa shape index (κ3) is 4.65. The summed E-state index contributed by atoms with van der Waals surface area (Å²) >= 11 is 0. The molecule has 45 heavy (non-hydrogen) atoms. The third-order valence-corrected chi connectivity index (χ3v) is 9.72. The van der Waals surface area contributed by atoms with Gasteiger partial charge in [-0.15, -0.1) is 0 Å². The molecule has 3 aromatic heterocycles. The fourth-order valence-electron chi connectivity index (χ4n) is 7.26. The average molecular weight is 598 g/mol. The summed E-state index contributed by atoms with van der Waals surface area (Å²) in [7, 11) is 0. The van der Waals surface area contributed by atoms with E-state index in [0.29, 0.717) is 5.41 Å². The molecular weight excluding hydrogens is 562 g/mol. The molecule has 9 rings (SSSR count). The van der Waals surface area contributed by atoms with Crippen LogP contribution in [0.3, 0.4) is 0 Å². The van der Waals surface area contributed by atoms with Crippen molar-refractivity contribution >= 4 is 33.3 Å². The molecule has 2 N–H and O–H groups in total. The van der Waals surface area contributed by atoms with Gasteiger partial charge in [0, 0.05) is 47.6 Å². The van der Waals surface area contributed by atoms with Crippen molar-refractivity contribution in [2.75, 3.05) is 44.3 Å². The van der Waals surface area contributed by atoms with Gasteiger partial charge in [0.1, 0.15) is 0 Å². The number of rotatable bonds is 8. The summed E-state index contributed by atoms with van der Waals surface area (Å²) in [6.45, 7) is 8.53. The minimum absolute atomic E-state index is 0.483. The summed E-state index contributed by atoms with van der Waals surface area (Å²) < 4.78 is 12.1. The van der Waals surface area contributed by atoms with Crippen LogP contribution in [0, 0.1) is 12.3 Å². The van der Waals surface area contributed by atoms with Crippen molar-refractivity contribution in [1.29, 1.82) is 0 Å². The molecule has 2 saturated heterocycles. The summed E-state index contributed by atoms with van der Waals surface area (Å²) in [5.74, 6) is 2.51. The first-order valence-corrected chi connectivity index (χ1v) is 15.9. The predicted octanol–water partition coefficient (Wildman–Crippen LogP) is 7.22. The van der Waals surface area contributed by atoms with E-state index in [2.05, 4.69) is 91.7 Å². The Hall–Kier alpha value is -4.73. The number of hydrogen-bond donors (Lipinski definition) is 2. The molecule has 9 heteroatoms. The number of fused-ring (bicyclic) bond motifs is 4. The molecule has 0 saturated carbocycles. The number of aromatic nitrogens is 5. The van der Waals surface area contributed by atoms with Gasteiger partial charge in [0.25, 0.3) is 0 Å². The summed E-state index contributed by atoms with van der Waals surface area (Å²) in [5, 5.41) is 16.6. The van der Waals surface area contributed by atoms with Crippen molar-refractivity contribution in [1.82, 2.24) is 30.3 Å². The van der Waals surface area contributed by atoms with E-state index in [1.54, 1.807) is 0 Å². The first-order valence-electron chi connectivity index (χ1n) is 15.9. The highest BCUT2D eigenvalue weighted by molar-refractivity contribution is 5.88. The molecule has 0 atom stereocenters. The quantitative estimate of drug-likeness (QED) is 0.179. The lowest BCUT2D eigenvalue weighted by atomic mass is 9.78. The maximum absolute atomic E-state index is 6.69. The number of aromatic amines is 2. The largest absolute Gasteiger partial charge is 0.451 e. The van der Waals surface area contributed by atoms with Crippen molar-refractivity contribution in [2.24, 2.45) is 5.41 Å². The maximum Gasteiger partial charge on any atom is 0.176 e. The number of H-pyrrole nitrogens is 2. The molecule has 0 unspecified atom stereocenters. The Balaban J connectivity index is 1.01. The first kappa shape index (κ1) is 26.7. The van der Waals surface area contributed by atoms with Crippen LogP contribution in [-0.2, 0) is 4.74 Å². The van der Waals surface area contributed by atoms with Crippen LogP contribution in [0.1, 0.15) is 24.8 Å². The minimum atomic E-state index is 0.483. The van der Waals surface area contributed by atoms with Gasteiger partial charge >= 0.3 is 0 Å². The van der Waals surface area contributed by atoms with Gasteiger partial charge in [0.2, 0.25) is 0 Å². The summed E-state index contributed by atoms with van der Waals surface area (Å²) in [6, 6.07) is 19.3. The van der Waals surface area contributed by atoms with E-state index in [-0.39, 0.29) is 0 Å². The van der Waals surface area contributed by atoms with Gasteiger partial charge in [-0.25, -0.2) is 4.98 Å². The minimum Gasteiger partial charge on any atom is -0.451 e. The Morgan fingerprint density at radius 2 is 1.49 bits per heavy atom. The highest BCUT2D eigenvalue weighted by Gasteiger charge is 2.48. The average Bonchev–Trinajstić information content (AvgIpc) is 3.69. The van der Waals surface area contributed by atoms with Crippen LogP contribution in [0.15, 0.2) is 73.2 Å². The van der Waals surface area contributed by atoms with E-state index < -0.39 is 0 Å². The van der Waals surface area contributed by atoms with Crippen LogP contribution < -0.4 is 9.64 Å². The Morgan fingerprint density at radius 1 is 0.756 bits per heavy atom. The van der Waals surface area contributed by atoms with E-state index in [9.17, 15) is 0 Å². The van der Waals surface area contributed by atoms with Crippen molar-refractivity contribution in [3.05, 3.63) is 78.8 Å². The van der Waals surface area contributed by atoms with E-state index >= 15 is 0 Å². The van der Waals surface area contributed by atoms with Crippen molar-refractivity contribution < 1.29 is 9.47 Å². The molecule has 0 amide bonds. The second-order valence-corrected chi connectivity index (χ2v) is 13.0. The number of benzene rings is 3. The molecule has 3 aliphatic rings. The zero-order chi connectivity index (χ0) is 30.0. The molecule has 9 nitrogen and oxygen atoms in total. The highest BCUT2D eigenvalue weighted by Crippen LogP contribution is 2.49. The number of pyridine rings is 1. The number of anilines is 2. The van der Waals surface area contributed by atoms with Crippen molar-refractivity contribution in [3.63, 3.8) is 0 Å². The van der Waals surface area contributed by atoms with Gasteiger partial charge in [0.15, 0.2) is 17.3 Å². The fourth-order valence-corrected chi connectivity index (χ4v) is 7.26. The SMILES string of the molecule is Cc1cc2c(cc1-c1ccc3[nH]ncc3c1)Oc1cc(-c3ccc4[nH]ncc4c3)cnc1N2CCCCCN1CC2(COC2)C1.